The van der Waals surface area contributed by atoms with Crippen LogP contribution in [-0.4, -0.2) is 53.7 Å². The third-order valence-electron chi connectivity index (χ3n) is 5.97. The molecule has 1 aromatic carbocycles. The van der Waals surface area contributed by atoms with Crippen molar-refractivity contribution >= 4 is 34.2 Å². The van der Waals surface area contributed by atoms with Gasteiger partial charge in [-0.25, -0.2) is 0 Å². The molecule has 0 spiro atoms. The van der Waals surface area contributed by atoms with Gasteiger partial charge in [-0.15, -0.1) is 0 Å². The number of carboxylic acids is 1. The van der Waals surface area contributed by atoms with Crippen molar-refractivity contribution in [3.63, 3.8) is 0 Å². The van der Waals surface area contributed by atoms with E-state index in [4.69, 9.17) is 11.6 Å². The number of rotatable bonds is 2. The van der Waals surface area contributed by atoms with E-state index in [0.717, 1.165) is 49.1 Å². The lowest BCUT2D eigenvalue weighted by Crippen LogP contribution is -2.63. The Hall–Kier alpha value is -1.85. The molecule has 0 radical (unpaired) electrons. The van der Waals surface area contributed by atoms with Crippen molar-refractivity contribution in [2.24, 2.45) is 5.41 Å². The second-order valence-corrected chi connectivity index (χ2v) is 7.69. The van der Waals surface area contributed by atoms with Gasteiger partial charge in [0, 0.05) is 41.4 Å². The minimum Gasteiger partial charge on any atom is -0.481 e. The topological polar surface area (TPSA) is 56.7 Å². The van der Waals surface area contributed by atoms with Crippen molar-refractivity contribution in [2.45, 2.75) is 25.3 Å². The molecule has 2 saturated heterocycles. The number of aliphatic carboxylic acids is 1. The fourth-order valence-electron chi connectivity index (χ4n) is 4.59. The van der Waals surface area contributed by atoms with Gasteiger partial charge in [-0.2, -0.15) is 0 Å². The lowest BCUT2D eigenvalue weighted by molar-refractivity contribution is -0.158. The van der Waals surface area contributed by atoms with Crippen LogP contribution < -0.4 is 4.90 Å². The Morgan fingerprint density at radius 1 is 1.32 bits per heavy atom. The second-order valence-electron chi connectivity index (χ2n) is 7.25. The molecule has 2 atom stereocenters. The Balaban J connectivity index is 1.71. The van der Waals surface area contributed by atoms with Gasteiger partial charge in [-0.05, 0) is 57.1 Å². The molecular formula is C19H22ClN3O2. The Morgan fingerprint density at radius 3 is 2.96 bits per heavy atom. The third kappa shape index (κ3) is 2.66. The molecule has 132 valence electrons. The number of carboxylic acid groups (broad SMARTS) is 1. The first kappa shape index (κ1) is 16.6. The number of anilines is 1. The number of carbonyl (C=O) groups is 1. The van der Waals surface area contributed by atoms with Gasteiger partial charge in [0.05, 0.1) is 10.9 Å². The van der Waals surface area contributed by atoms with E-state index in [0.29, 0.717) is 11.4 Å². The summed E-state index contributed by atoms with van der Waals surface area (Å²) in [6, 6.07) is 7.81. The molecule has 0 bridgehead atoms. The van der Waals surface area contributed by atoms with Crippen LogP contribution in [0.25, 0.3) is 10.9 Å². The van der Waals surface area contributed by atoms with Crippen LogP contribution in [0.4, 0.5) is 5.69 Å². The molecule has 2 aliphatic rings. The number of likely N-dealkylation sites (N-methyl/N-ethyl adjacent to an activating group) is 1. The molecule has 0 aliphatic carbocycles. The normalized spacial score (nSPS) is 27.3. The smallest absolute Gasteiger partial charge is 0.311 e. The van der Waals surface area contributed by atoms with Crippen molar-refractivity contribution in [1.82, 2.24) is 9.88 Å². The molecule has 4 rings (SSSR count). The summed E-state index contributed by atoms with van der Waals surface area (Å²) in [5, 5.41) is 11.7. The highest BCUT2D eigenvalue weighted by Crippen LogP contribution is 2.43. The van der Waals surface area contributed by atoms with Crippen molar-refractivity contribution in [3.05, 3.63) is 35.5 Å². The quantitative estimate of drug-likeness (QED) is 0.891. The number of aromatic nitrogens is 1. The van der Waals surface area contributed by atoms with Gasteiger partial charge >= 0.3 is 5.97 Å². The summed E-state index contributed by atoms with van der Waals surface area (Å²) < 4.78 is 0. The molecule has 6 heteroatoms. The van der Waals surface area contributed by atoms with Crippen LogP contribution in [0.15, 0.2) is 30.5 Å². The lowest BCUT2D eigenvalue weighted by atomic mass is 9.68. The van der Waals surface area contributed by atoms with Gasteiger partial charge in [0.15, 0.2) is 0 Å². The zero-order valence-corrected chi connectivity index (χ0v) is 15.0. The molecule has 0 saturated carbocycles. The maximum atomic E-state index is 12.1. The van der Waals surface area contributed by atoms with Crippen LogP contribution in [-0.2, 0) is 4.79 Å². The standard InChI is InChI=1S/C19H22ClN3O2/c1-22-9-2-6-19(18(24)25)7-10-23(12-17(19)22)16-5-8-21-15-11-13(20)3-4-14(15)16/h3-5,8,11,17H,2,6-7,9-10,12H2,1H3,(H,24,25)/t17-,19+/m1/s1. The third-order valence-corrected chi connectivity index (χ3v) is 6.21. The average molecular weight is 360 g/mol. The molecule has 1 N–H and O–H groups in total. The molecular weight excluding hydrogens is 338 g/mol. The number of piperidine rings is 2. The minimum atomic E-state index is -0.643. The molecule has 3 heterocycles. The van der Waals surface area contributed by atoms with Crippen molar-refractivity contribution in [1.29, 1.82) is 0 Å². The van der Waals surface area contributed by atoms with E-state index < -0.39 is 11.4 Å². The highest BCUT2D eigenvalue weighted by atomic mass is 35.5. The number of pyridine rings is 1. The average Bonchev–Trinajstić information content (AvgIpc) is 2.61. The van der Waals surface area contributed by atoms with Gasteiger partial charge in [-0.1, -0.05) is 11.6 Å². The van der Waals surface area contributed by atoms with Crippen molar-refractivity contribution in [2.75, 3.05) is 31.6 Å². The number of benzene rings is 1. The summed E-state index contributed by atoms with van der Waals surface area (Å²) in [6.07, 6.45) is 4.21. The Kier molecular flexibility index (Phi) is 4.08. The maximum Gasteiger partial charge on any atom is 0.311 e. The highest BCUT2D eigenvalue weighted by Gasteiger charge is 2.52. The summed E-state index contributed by atoms with van der Waals surface area (Å²) in [7, 11) is 2.05. The second kappa shape index (κ2) is 6.15. The first-order valence-corrected chi connectivity index (χ1v) is 9.12. The van der Waals surface area contributed by atoms with Gasteiger partial charge < -0.3 is 14.9 Å². The maximum absolute atomic E-state index is 12.1. The van der Waals surface area contributed by atoms with E-state index in [1.165, 1.54) is 0 Å². The van der Waals surface area contributed by atoms with E-state index in [1.807, 2.05) is 24.3 Å². The number of nitrogens with zero attached hydrogens (tertiary/aromatic N) is 3. The summed E-state index contributed by atoms with van der Waals surface area (Å²) in [5.41, 5.74) is 1.37. The Labute approximate surface area is 152 Å². The highest BCUT2D eigenvalue weighted by molar-refractivity contribution is 6.31. The summed E-state index contributed by atoms with van der Waals surface area (Å²) in [5.74, 6) is -0.643. The molecule has 0 amide bonds. The number of hydrogen-bond donors (Lipinski definition) is 1. The predicted molar refractivity (Wildman–Crippen MR) is 99.3 cm³/mol. The van der Waals surface area contributed by atoms with Crippen LogP contribution in [0.2, 0.25) is 5.02 Å². The van der Waals surface area contributed by atoms with Crippen LogP contribution in [0.1, 0.15) is 19.3 Å². The van der Waals surface area contributed by atoms with Gasteiger partial charge in [-0.3, -0.25) is 9.78 Å². The predicted octanol–water partition coefficient (Wildman–Crippen LogP) is 3.26. The first-order valence-electron chi connectivity index (χ1n) is 8.74. The van der Waals surface area contributed by atoms with E-state index in [-0.39, 0.29) is 6.04 Å². The van der Waals surface area contributed by atoms with Crippen LogP contribution in [0, 0.1) is 5.41 Å². The number of likely N-dealkylation sites (tertiary alicyclic amines) is 1. The van der Waals surface area contributed by atoms with Crippen LogP contribution in [0.5, 0.6) is 0 Å². The van der Waals surface area contributed by atoms with E-state index >= 15 is 0 Å². The number of fused-ring (bicyclic) bond motifs is 2. The van der Waals surface area contributed by atoms with Crippen molar-refractivity contribution in [3.8, 4) is 0 Å². The number of hydrogen-bond acceptors (Lipinski definition) is 4. The van der Waals surface area contributed by atoms with E-state index in [9.17, 15) is 9.90 Å². The van der Waals surface area contributed by atoms with Crippen molar-refractivity contribution < 1.29 is 9.90 Å². The van der Waals surface area contributed by atoms with Crippen LogP contribution >= 0.6 is 11.6 Å². The molecule has 2 aliphatic heterocycles. The molecule has 2 aromatic rings. The summed E-state index contributed by atoms with van der Waals surface area (Å²) in [4.78, 5) is 21.0. The van der Waals surface area contributed by atoms with E-state index in [1.54, 1.807) is 6.20 Å². The van der Waals surface area contributed by atoms with E-state index in [2.05, 4.69) is 21.8 Å². The molecule has 25 heavy (non-hydrogen) atoms. The fraction of sp³-hybridized carbons (Fsp3) is 0.474. The summed E-state index contributed by atoms with van der Waals surface area (Å²) in [6.45, 7) is 2.43. The monoisotopic (exact) mass is 359 g/mol. The Bertz CT molecular complexity index is 827. The molecule has 2 fully saturated rings. The fourth-order valence-corrected chi connectivity index (χ4v) is 4.75. The van der Waals surface area contributed by atoms with Crippen LogP contribution in [0.3, 0.4) is 0 Å². The zero-order valence-electron chi connectivity index (χ0n) is 14.3. The van der Waals surface area contributed by atoms with Gasteiger partial charge in [0.25, 0.3) is 0 Å². The molecule has 0 unspecified atom stereocenters. The zero-order chi connectivity index (χ0) is 17.6. The lowest BCUT2D eigenvalue weighted by Gasteiger charge is -2.52. The SMILES string of the molecule is CN1CCC[C@]2(C(=O)O)CCN(c3ccnc4cc(Cl)ccc34)C[C@@H]12. The number of halogens is 1. The largest absolute Gasteiger partial charge is 0.481 e. The first-order chi connectivity index (χ1) is 12.0. The Morgan fingerprint density at radius 2 is 2.16 bits per heavy atom. The summed E-state index contributed by atoms with van der Waals surface area (Å²) >= 11 is 6.09. The molecule has 5 nitrogen and oxygen atoms in total. The van der Waals surface area contributed by atoms with Gasteiger partial charge in [0.1, 0.15) is 0 Å². The van der Waals surface area contributed by atoms with Gasteiger partial charge in [0.2, 0.25) is 0 Å². The minimum absolute atomic E-state index is 0.0306. The molecule has 1 aromatic heterocycles.